The number of nitrogens with two attached hydrogens (primary N) is 3. The number of aliphatic hydroxyl groups is 7. The molecule has 2 saturated heterocycles. The molecule has 1 amide bonds. The van der Waals surface area contributed by atoms with Crippen molar-refractivity contribution in [1.82, 2.24) is 16.0 Å². The van der Waals surface area contributed by atoms with Crippen molar-refractivity contribution >= 4 is 11.9 Å². The molecule has 1 aliphatic carbocycles. The Hall–Kier alpha value is -1.82. The molecule has 0 aromatic heterocycles. The Balaban J connectivity index is 1.82. The lowest BCUT2D eigenvalue weighted by molar-refractivity contribution is -0.328. The van der Waals surface area contributed by atoms with Crippen LogP contribution in [0, 0.1) is 5.41 Å². The minimum Gasteiger partial charge on any atom is -0.391 e. The topological polar surface area (TPSA) is 334 Å². The zero-order chi connectivity index (χ0) is 30.6. The molecule has 15 atom stereocenters. The van der Waals surface area contributed by atoms with Crippen LogP contribution in [-0.4, -0.2) is 153 Å². The van der Waals surface area contributed by atoms with Crippen LogP contribution in [0.2, 0.25) is 0 Å². The Kier molecular flexibility index (Phi) is 12.0. The van der Waals surface area contributed by atoms with Gasteiger partial charge < -0.3 is 82.5 Å². The summed E-state index contributed by atoms with van der Waals surface area (Å²) in [5.74, 6) is -1.23. The number of morpholine rings is 1. The molecular weight excluding hydrogens is 554 g/mol. The van der Waals surface area contributed by atoms with Crippen LogP contribution in [0.5, 0.6) is 0 Å². The third-order valence-corrected chi connectivity index (χ3v) is 7.16. The normalized spacial score (nSPS) is 42.8. The number of aliphatic hydroxyl groups excluding tert-OH is 7. The summed E-state index contributed by atoms with van der Waals surface area (Å²) in [6, 6.07) is -2.11. The first-order valence-corrected chi connectivity index (χ1v) is 13.2. The van der Waals surface area contributed by atoms with E-state index in [0.29, 0.717) is 0 Å². The molecule has 1 saturated carbocycles. The fourth-order valence-electron chi connectivity index (χ4n) is 4.93. The number of carbonyl (C=O) groups excluding carboxylic acids is 1. The molecule has 0 aromatic carbocycles. The van der Waals surface area contributed by atoms with Crippen LogP contribution in [0.3, 0.4) is 0 Å². The lowest BCUT2D eigenvalue weighted by atomic mass is 9.83. The maximum Gasteiger partial charge on any atom is 0.249 e. The average Bonchev–Trinajstić information content (AvgIpc) is 3.16. The molecule has 19 heteroatoms. The average molecular weight is 598 g/mol. The van der Waals surface area contributed by atoms with E-state index in [0.717, 1.165) is 0 Å². The molecule has 0 spiro atoms. The fraction of sp³-hybridized carbons (Fsp3) is 0.909. The Morgan fingerprint density at radius 3 is 2.32 bits per heavy atom. The van der Waals surface area contributed by atoms with Gasteiger partial charge in [0, 0.05) is 12.6 Å². The molecule has 3 rings (SSSR count). The third-order valence-electron chi connectivity index (χ3n) is 7.16. The summed E-state index contributed by atoms with van der Waals surface area (Å²) in [7, 11) is 0. The molecule has 17 N–H and O–H groups in total. The van der Waals surface area contributed by atoms with Gasteiger partial charge in [0.1, 0.15) is 55.1 Å². The minimum absolute atomic E-state index is 0.0295. The van der Waals surface area contributed by atoms with Crippen molar-refractivity contribution in [2.45, 2.75) is 112 Å². The summed E-state index contributed by atoms with van der Waals surface area (Å²) in [5, 5.41) is 87.3. The largest absolute Gasteiger partial charge is 0.391 e. The van der Waals surface area contributed by atoms with E-state index >= 15 is 0 Å². The molecule has 3 fully saturated rings. The van der Waals surface area contributed by atoms with E-state index in [9.17, 15) is 40.5 Å². The summed E-state index contributed by atoms with van der Waals surface area (Å²) in [4.78, 5) is 12.5. The van der Waals surface area contributed by atoms with Crippen LogP contribution < -0.4 is 33.2 Å². The lowest BCUT2D eigenvalue weighted by Crippen LogP contribution is -2.68. The monoisotopic (exact) mass is 597 g/mol. The second kappa shape index (κ2) is 14.6. The highest BCUT2D eigenvalue weighted by molar-refractivity contribution is 5.80. The number of carbonyl (C=O) groups is 1. The first kappa shape index (κ1) is 33.7. The maximum atomic E-state index is 12.5. The highest BCUT2D eigenvalue weighted by Crippen LogP contribution is 2.32. The van der Waals surface area contributed by atoms with Crippen molar-refractivity contribution in [1.29, 1.82) is 5.41 Å². The van der Waals surface area contributed by atoms with Crippen LogP contribution in [0.1, 0.15) is 19.8 Å². The van der Waals surface area contributed by atoms with Crippen molar-refractivity contribution in [3.63, 3.8) is 0 Å². The first-order chi connectivity index (χ1) is 19.2. The number of hydrogen-bond acceptors (Lipinski definition) is 16. The van der Waals surface area contributed by atoms with Crippen molar-refractivity contribution in [2.24, 2.45) is 17.2 Å². The van der Waals surface area contributed by atoms with Gasteiger partial charge in [-0.15, -0.1) is 0 Å². The first-order valence-electron chi connectivity index (χ1n) is 13.2. The molecule has 41 heavy (non-hydrogen) atoms. The van der Waals surface area contributed by atoms with Gasteiger partial charge in [0.05, 0.1) is 12.1 Å². The lowest BCUT2D eigenvalue weighted by Gasteiger charge is -2.47. The molecule has 0 aromatic rings. The maximum absolute atomic E-state index is 12.5. The number of guanidine groups is 1. The second-order valence-corrected chi connectivity index (χ2v) is 10.4. The predicted octanol–water partition coefficient (Wildman–Crippen LogP) is -7.69. The SMILES string of the molecule is C[C@@H](O)C1OC(OC2C(N)CC(NC(=O)C(O)CCN)C(O)C2OC2OC(CNC(=N)N)C(O)C2O)[C@H](O)N[C@@H]1O. The minimum atomic E-state index is -1.63. The number of rotatable bonds is 11. The summed E-state index contributed by atoms with van der Waals surface area (Å²) in [5.41, 5.74) is 17.0. The number of amides is 1. The summed E-state index contributed by atoms with van der Waals surface area (Å²) < 4.78 is 22.9. The number of ether oxygens (including phenoxy) is 4. The number of hydrogen-bond donors (Lipinski definition) is 14. The zero-order valence-corrected chi connectivity index (χ0v) is 22.4. The van der Waals surface area contributed by atoms with E-state index in [2.05, 4.69) is 16.0 Å². The molecule has 0 radical (unpaired) electrons. The Labute approximate surface area is 235 Å². The van der Waals surface area contributed by atoms with Gasteiger partial charge in [-0.1, -0.05) is 0 Å². The summed E-state index contributed by atoms with van der Waals surface area (Å²) >= 11 is 0. The van der Waals surface area contributed by atoms with E-state index in [1.165, 1.54) is 6.92 Å². The van der Waals surface area contributed by atoms with Crippen LogP contribution in [0.25, 0.3) is 0 Å². The van der Waals surface area contributed by atoms with Gasteiger partial charge in [-0.3, -0.25) is 15.5 Å². The molecule has 2 heterocycles. The van der Waals surface area contributed by atoms with Crippen LogP contribution in [-0.2, 0) is 23.7 Å². The van der Waals surface area contributed by atoms with Gasteiger partial charge in [-0.2, -0.15) is 0 Å². The van der Waals surface area contributed by atoms with Crippen molar-refractivity contribution in [3.05, 3.63) is 0 Å². The van der Waals surface area contributed by atoms with E-state index < -0.39 is 104 Å². The summed E-state index contributed by atoms with van der Waals surface area (Å²) in [6.45, 7) is 1.22. The highest BCUT2D eigenvalue weighted by Gasteiger charge is 2.52. The van der Waals surface area contributed by atoms with Crippen molar-refractivity contribution in [3.8, 4) is 0 Å². The summed E-state index contributed by atoms with van der Waals surface area (Å²) in [6.07, 6.45) is -18.7. The van der Waals surface area contributed by atoms with Gasteiger partial charge in [-0.05, 0) is 26.3 Å². The van der Waals surface area contributed by atoms with E-state index in [1.807, 2.05) is 0 Å². The molecule has 238 valence electrons. The smallest absolute Gasteiger partial charge is 0.249 e. The van der Waals surface area contributed by atoms with Crippen molar-refractivity contribution < 1.29 is 59.5 Å². The molecule has 12 unspecified atom stereocenters. The van der Waals surface area contributed by atoms with Gasteiger partial charge in [0.2, 0.25) is 5.91 Å². The van der Waals surface area contributed by atoms with E-state index in [1.54, 1.807) is 0 Å². The van der Waals surface area contributed by atoms with Crippen molar-refractivity contribution in [2.75, 3.05) is 13.1 Å². The third kappa shape index (κ3) is 8.18. The van der Waals surface area contributed by atoms with Crippen LogP contribution in [0.15, 0.2) is 0 Å². The predicted molar refractivity (Wildman–Crippen MR) is 136 cm³/mol. The second-order valence-electron chi connectivity index (χ2n) is 10.4. The Bertz CT molecular complexity index is 877. The molecular formula is C22H43N7O12. The quantitative estimate of drug-likeness (QED) is 0.0776. The Morgan fingerprint density at radius 2 is 1.71 bits per heavy atom. The standard InChI is InChI=1S/C22H43N7O12/c1-6(30)14-18(36)29-19(37)21(39-14)40-15-7(24)4-8(28-17(35)9(31)2-3-23)11(32)16(15)41-20-13(34)12(33)10(38-20)5-27-22(25)26/h6-16,18-21,29-34,36-37H,2-5,23-24H2,1H3,(H,28,35)(H4,25,26,27)/t6-,7?,8?,9?,10?,11?,12?,13?,14?,15?,16?,18-,19+,20?,21?/m1/s1. The van der Waals surface area contributed by atoms with Crippen LogP contribution >= 0.6 is 0 Å². The molecule has 2 aliphatic heterocycles. The Morgan fingerprint density at radius 1 is 1.05 bits per heavy atom. The van der Waals surface area contributed by atoms with Gasteiger partial charge >= 0.3 is 0 Å². The highest BCUT2D eigenvalue weighted by atomic mass is 16.7. The molecule has 19 nitrogen and oxygen atoms in total. The van der Waals surface area contributed by atoms with E-state index in [-0.39, 0.29) is 25.9 Å². The zero-order valence-electron chi connectivity index (χ0n) is 22.4. The molecule has 0 bridgehead atoms. The van der Waals surface area contributed by atoms with Gasteiger partial charge in [0.25, 0.3) is 0 Å². The van der Waals surface area contributed by atoms with Crippen LogP contribution in [0.4, 0.5) is 0 Å². The van der Waals surface area contributed by atoms with Gasteiger partial charge in [-0.25, -0.2) is 0 Å². The number of nitrogens with one attached hydrogen (secondary N) is 4. The van der Waals surface area contributed by atoms with Gasteiger partial charge in [0.15, 0.2) is 24.8 Å². The van der Waals surface area contributed by atoms with E-state index in [4.69, 9.17) is 41.6 Å². The molecule has 3 aliphatic rings. The fourth-order valence-corrected chi connectivity index (χ4v) is 4.93.